The van der Waals surface area contributed by atoms with Gasteiger partial charge in [-0.25, -0.2) is 8.42 Å². The highest BCUT2D eigenvalue weighted by Gasteiger charge is 2.69. The van der Waals surface area contributed by atoms with E-state index in [4.69, 9.17) is 9.47 Å². The number of sulfone groups is 1. The number of ketones is 1. The van der Waals surface area contributed by atoms with E-state index in [1.54, 1.807) is 13.0 Å². The normalized spacial score (nSPS) is 35.1. The quantitative estimate of drug-likeness (QED) is 0.123. The number of hydrogen-bond donors (Lipinski definition) is 1. The van der Waals surface area contributed by atoms with Crippen LogP contribution in [0, 0.1) is 61.4 Å². The second-order valence-corrected chi connectivity index (χ2v) is 22.7. The van der Waals surface area contributed by atoms with Gasteiger partial charge in [0, 0.05) is 18.8 Å². The molecular formula is C46H64N2O10S. The summed E-state index contributed by atoms with van der Waals surface area (Å²) in [6, 6.07) is 7.40. The number of Topliss-reactive ketones (excluding diaryl/α,β-unsaturated/α-hetero) is 1. The lowest BCUT2D eigenvalue weighted by Gasteiger charge is -2.71. The van der Waals surface area contributed by atoms with Gasteiger partial charge < -0.3 is 19.8 Å². The third kappa shape index (κ3) is 7.02. The molecule has 5 aliphatic rings. The zero-order valence-corrected chi connectivity index (χ0v) is 37.0. The topological polar surface area (TPSA) is 177 Å². The minimum absolute atomic E-state index is 0.0222. The molecule has 0 saturated heterocycles. The smallest absolute Gasteiger partial charge is 0.414 e. The molecule has 0 radical (unpaired) electrons. The number of carboxylic acid groups (broad SMARTS) is 1. The van der Waals surface area contributed by atoms with Crippen LogP contribution in [0.3, 0.4) is 0 Å². The summed E-state index contributed by atoms with van der Waals surface area (Å²) in [5, 5.41) is 25.6. The standard InChI is InChI=1S/C46H64N2O10S/c1-29(20-27-56-38-39(48(53)58-47-38)59(54,55)30-12-10-9-11-13-30)57-37(50)17-15-34(49)32-18-21-43(6)35(42(32,4)5)19-22-45(8)36(43)16-14-31-33-28-41(2,3)23-25-46(33,40(51)52)26-24-44(31,45)7/h9-14,29,32-33,35-36H,15-28H2,1-8H3,(H,51,52)/t29?,32-,33+,35+,36-,43+,44-,45-,46+/m1/s1. The minimum atomic E-state index is -4.26. The number of aromatic nitrogens is 2. The highest BCUT2D eigenvalue weighted by molar-refractivity contribution is 7.91. The first-order valence-electron chi connectivity index (χ1n) is 21.7. The summed E-state index contributed by atoms with van der Waals surface area (Å²) >= 11 is 0. The van der Waals surface area contributed by atoms with Gasteiger partial charge in [0.1, 0.15) is 11.9 Å². The Bertz CT molecular complexity index is 2110. The maximum absolute atomic E-state index is 14.0. The van der Waals surface area contributed by atoms with Crippen LogP contribution >= 0.6 is 0 Å². The summed E-state index contributed by atoms with van der Waals surface area (Å²) in [7, 11) is -4.26. The number of rotatable bonds is 12. The first kappa shape index (κ1) is 43.4. The number of carbonyl (C=O) groups excluding carboxylic acids is 2. The highest BCUT2D eigenvalue weighted by Crippen LogP contribution is 2.76. The van der Waals surface area contributed by atoms with E-state index in [-0.39, 0.29) is 80.4 Å². The maximum atomic E-state index is 14.0. The number of esters is 1. The average Bonchev–Trinajstić information content (AvgIpc) is 3.54. The summed E-state index contributed by atoms with van der Waals surface area (Å²) < 4.78 is 41.7. The number of carbonyl (C=O) groups is 3. The van der Waals surface area contributed by atoms with E-state index in [0.717, 1.165) is 64.2 Å². The van der Waals surface area contributed by atoms with Crippen LogP contribution in [0.25, 0.3) is 0 Å². The molecule has 1 aromatic heterocycles. The lowest BCUT2D eigenvalue weighted by Crippen LogP contribution is -2.64. The number of aliphatic carboxylic acids is 1. The second-order valence-electron chi connectivity index (χ2n) is 20.9. The molecule has 4 fully saturated rings. The van der Waals surface area contributed by atoms with Gasteiger partial charge in [-0.05, 0) is 133 Å². The van der Waals surface area contributed by atoms with Gasteiger partial charge in [-0.15, -0.1) is 0 Å². The number of benzene rings is 1. The van der Waals surface area contributed by atoms with Crippen LogP contribution < -0.4 is 9.64 Å². The van der Waals surface area contributed by atoms with Crippen LogP contribution in [0.15, 0.2) is 56.5 Å². The van der Waals surface area contributed by atoms with Crippen molar-refractivity contribution in [3.63, 3.8) is 0 Å². The van der Waals surface area contributed by atoms with E-state index in [1.165, 1.54) is 29.8 Å². The molecule has 1 heterocycles. The Labute approximate surface area is 349 Å². The lowest BCUT2D eigenvalue weighted by atomic mass is 9.33. The number of fused-ring (bicyclic) bond motifs is 7. The molecule has 1 N–H and O–H groups in total. The van der Waals surface area contributed by atoms with E-state index < -0.39 is 44.2 Å². The maximum Gasteiger partial charge on any atom is 0.414 e. The molecule has 12 nitrogen and oxygen atoms in total. The van der Waals surface area contributed by atoms with Crippen LogP contribution in [0.4, 0.5) is 0 Å². The molecule has 0 amide bonds. The van der Waals surface area contributed by atoms with Gasteiger partial charge in [-0.2, -0.15) is 0 Å². The summed E-state index contributed by atoms with van der Waals surface area (Å²) in [6.07, 6.45) is 11.1. The Morgan fingerprint density at radius 1 is 0.949 bits per heavy atom. The fourth-order valence-electron chi connectivity index (χ4n) is 13.5. The summed E-state index contributed by atoms with van der Waals surface area (Å²) in [5.74, 6) is -0.829. The fraction of sp³-hybridized carbons (Fsp3) is 0.717. The van der Waals surface area contributed by atoms with E-state index in [9.17, 15) is 33.1 Å². The SMILES string of the molecule is CC(CCOc1no[n+]([O-])c1S(=O)(=O)c1ccccc1)OC(=O)CCC(=O)[C@H]1CC[C@]2(C)[C@H]3CC=C4[C@@H]5CC(C)(C)CC[C@]5(C(=O)O)CC[C@@]4(C)[C@]3(C)CC[C@H]2C1(C)C. The molecule has 2 aromatic rings. The van der Waals surface area contributed by atoms with Crippen LogP contribution in [0.2, 0.25) is 0 Å². The predicted molar refractivity (Wildman–Crippen MR) is 217 cm³/mol. The molecule has 1 aromatic carbocycles. The molecule has 59 heavy (non-hydrogen) atoms. The van der Waals surface area contributed by atoms with Gasteiger partial charge in [0.05, 0.1) is 28.5 Å². The fourth-order valence-corrected chi connectivity index (χ4v) is 14.8. The Kier molecular flexibility index (Phi) is 11.0. The first-order valence-corrected chi connectivity index (χ1v) is 23.2. The minimum Gasteiger partial charge on any atom is -0.481 e. The molecule has 0 bridgehead atoms. The Morgan fingerprint density at radius 2 is 1.64 bits per heavy atom. The van der Waals surface area contributed by atoms with Crippen LogP contribution in [0.1, 0.15) is 139 Å². The molecule has 0 spiro atoms. The van der Waals surface area contributed by atoms with Crippen molar-refractivity contribution >= 4 is 27.6 Å². The van der Waals surface area contributed by atoms with Gasteiger partial charge in [0.2, 0.25) is 0 Å². The van der Waals surface area contributed by atoms with Crippen molar-refractivity contribution in [2.45, 2.75) is 155 Å². The molecule has 9 atom stereocenters. The Balaban J connectivity index is 0.960. The zero-order chi connectivity index (χ0) is 43.0. The van der Waals surface area contributed by atoms with Crippen LogP contribution in [-0.4, -0.2) is 49.1 Å². The van der Waals surface area contributed by atoms with Crippen molar-refractivity contribution < 1.29 is 46.9 Å². The molecule has 1 unspecified atom stereocenters. The molecule has 4 saturated carbocycles. The second kappa shape index (κ2) is 15.0. The number of carboxylic acids is 1. The molecule has 13 heteroatoms. The third-order valence-corrected chi connectivity index (χ3v) is 18.7. The van der Waals surface area contributed by atoms with Gasteiger partial charge in [0.15, 0.2) is 0 Å². The number of ether oxygens (including phenoxy) is 2. The Hall–Kier alpha value is -3.74. The van der Waals surface area contributed by atoms with E-state index in [1.807, 2.05) is 0 Å². The number of nitrogens with zero attached hydrogens (tertiary/aromatic N) is 2. The van der Waals surface area contributed by atoms with Crippen molar-refractivity contribution in [2.24, 2.45) is 56.2 Å². The summed E-state index contributed by atoms with van der Waals surface area (Å²) in [4.78, 5) is 39.7. The van der Waals surface area contributed by atoms with E-state index in [0.29, 0.717) is 11.8 Å². The van der Waals surface area contributed by atoms with E-state index >= 15 is 0 Å². The molecular weight excluding hydrogens is 773 g/mol. The molecule has 5 aliphatic carbocycles. The lowest BCUT2D eigenvalue weighted by molar-refractivity contribution is -0.832. The molecule has 0 aliphatic heterocycles. The summed E-state index contributed by atoms with van der Waals surface area (Å²) in [6.45, 7) is 18.2. The highest BCUT2D eigenvalue weighted by atomic mass is 32.2. The van der Waals surface area contributed by atoms with Crippen molar-refractivity contribution in [1.29, 1.82) is 0 Å². The van der Waals surface area contributed by atoms with Crippen LogP contribution in [0.5, 0.6) is 5.88 Å². The van der Waals surface area contributed by atoms with Crippen molar-refractivity contribution in [3.8, 4) is 5.88 Å². The van der Waals surface area contributed by atoms with Crippen molar-refractivity contribution in [1.82, 2.24) is 5.16 Å². The van der Waals surface area contributed by atoms with Crippen LogP contribution in [-0.2, 0) is 29.0 Å². The van der Waals surface area contributed by atoms with Gasteiger partial charge >= 0.3 is 22.8 Å². The Morgan fingerprint density at radius 3 is 2.34 bits per heavy atom. The van der Waals surface area contributed by atoms with Gasteiger partial charge in [-0.1, -0.05) is 78.3 Å². The predicted octanol–water partition coefficient (Wildman–Crippen LogP) is 8.69. The zero-order valence-electron chi connectivity index (χ0n) is 36.2. The van der Waals surface area contributed by atoms with Crippen molar-refractivity contribution in [2.75, 3.05) is 6.61 Å². The first-order chi connectivity index (χ1) is 27.5. The van der Waals surface area contributed by atoms with E-state index in [2.05, 4.69) is 64.3 Å². The number of hydrogen-bond acceptors (Lipinski definition) is 10. The van der Waals surface area contributed by atoms with Crippen molar-refractivity contribution in [3.05, 3.63) is 47.2 Å². The third-order valence-electron chi connectivity index (χ3n) is 17.0. The monoisotopic (exact) mass is 836 g/mol. The molecule has 324 valence electrons. The summed E-state index contributed by atoms with van der Waals surface area (Å²) in [5.41, 5.74) is 0.604. The molecule has 7 rings (SSSR count). The van der Waals surface area contributed by atoms with Gasteiger partial charge in [-0.3, -0.25) is 19.0 Å². The van der Waals surface area contributed by atoms with Gasteiger partial charge in [0.25, 0.3) is 9.84 Å². The number of allylic oxidation sites excluding steroid dienone is 2. The average molecular weight is 837 g/mol. The largest absolute Gasteiger partial charge is 0.481 e.